The van der Waals surface area contributed by atoms with Crippen molar-refractivity contribution < 1.29 is 4.74 Å². The summed E-state index contributed by atoms with van der Waals surface area (Å²) in [5.41, 5.74) is 0.756. The van der Waals surface area contributed by atoms with Gasteiger partial charge >= 0.3 is 0 Å². The molecule has 1 N–H and O–H groups in total. The lowest BCUT2D eigenvalue weighted by atomic mass is 9.64. The molecule has 1 saturated carbocycles. The minimum atomic E-state index is -0.161. The molecule has 0 amide bonds. The van der Waals surface area contributed by atoms with Gasteiger partial charge in [0.1, 0.15) is 11.4 Å². The molecule has 3 nitrogen and oxygen atoms in total. The zero-order valence-corrected chi connectivity index (χ0v) is 11.3. The zero-order valence-electron chi connectivity index (χ0n) is 11.3. The van der Waals surface area contributed by atoms with E-state index >= 15 is 0 Å². The highest BCUT2D eigenvalue weighted by Crippen LogP contribution is 2.51. The molecular formula is C15H21NO2. The van der Waals surface area contributed by atoms with Crippen molar-refractivity contribution in [1.82, 2.24) is 4.98 Å². The number of H-pyrrole nitrogens is 1. The molecule has 0 bridgehead atoms. The standard InChI is InChI=1S/C15H21NO2/c1-9-4-5-11-10(8-9)13-12(18-15(11,2)3)6-7-16-14(13)17/h6-7,9-11H,4-5,8H2,1-3H3,(H,16,17)/t9-,10?,11?/m1/s1. The van der Waals surface area contributed by atoms with E-state index in [1.807, 2.05) is 6.07 Å². The lowest BCUT2D eigenvalue weighted by Gasteiger charge is -2.48. The van der Waals surface area contributed by atoms with Gasteiger partial charge in [-0.05, 0) is 44.6 Å². The predicted octanol–water partition coefficient (Wildman–Crippen LogP) is 3.07. The topological polar surface area (TPSA) is 42.1 Å². The molecule has 2 aliphatic rings. The van der Waals surface area contributed by atoms with Crippen molar-refractivity contribution in [2.45, 2.75) is 51.6 Å². The van der Waals surface area contributed by atoms with Gasteiger partial charge in [0.2, 0.25) is 0 Å². The average molecular weight is 247 g/mol. The highest BCUT2D eigenvalue weighted by atomic mass is 16.5. The average Bonchev–Trinajstić information content (AvgIpc) is 2.27. The van der Waals surface area contributed by atoms with E-state index < -0.39 is 0 Å². The number of hydrogen-bond donors (Lipinski definition) is 1. The monoisotopic (exact) mass is 247 g/mol. The molecule has 0 aromatic carbocycles. The molecule has 0 radical (unpaired) electrons. The Labute approximate surface area is 108 Å². The Kier molecular flexibility index (Phi) is 2.54. The van der Waals surface area contributed by atoms with E-state index in [1.54, 1.807) is 6.20 Å². The van der Waals surface area contributed by atoms with Crippen LogP contribution < -0.4 is 10.3 Å². The van der Waals surface area contributed by atoms with Gasteiger partial charge in [-0.15, -0.1) is 0 Å². The summed E-state index contributed by atoms with van der Waals surface area (Å²) in [6.07, 6.45) is 5.20. The van der Waals surface area contributed by atoms with Crippen LogP contribution in [0.15, 0.2) is 17.1 Å². The zero-order chi connectivity index (χ0) is 12.9. The number of pyridine rings is 1. The normalized spacial score (nSPS) is 33.2. The highest BCUT2D eigenvalue weighted by molar-refractivity contribution is 5.38. The van der Waals surface area contributed by atoms with Gasteiger partial charge in [0, 0.05) is 12.1 Å². The molecule has 0 spiro atoms. The molecule has 2 unspecified atom stereocenters. The van der Waals surface area contributed by atoms with E-state index in [4.69, 9.17) is 4.74 Å². The molecule has 1 aromatic heterocycles. The number of aromatic nitrogens is 1. The maximum Gasteiger partial charge on any atom is 0.255 e. The van der Waals surface area contributed by atoms with Gasteiger partial charge in [-0.3, -0.25) is 4.79 Å². The summed E-state index contributed by atoms with van der Waals surface area (Å²) in [6, 6.07) is 1.90. The first-order valence-corrected chi connectivity index (χ1v) is 6.89. The van der Waals surface area contributed by atoms with E-state index in [9.17, 15) is 4.79 Å². The van der Waals surface area contributed by atoms with Gasteiger partial charge in [-0.2, -0.15) is 0 Å². The molecule has 0 saturated heterocycles. The van der Waals surface area contributed by atoms with Gasteiger partial charge in [0.25, 0.3) is 5.56 Å². The fraction of sp³-hybridized carbons (Fsp3) is 0.667. The van der Waals surface area contributed by atoms with Gasteiger partial charge < -0.3 is 9.72 Å². The Bertz CT molecular complexity index is 517. The molecule has 98 valence electrons. The third kappa shape index (κ3) is 1.68. The molecule has 2 heterocycles. The number of ether oxygens (including phenoxy) is 1. The third-order valence-corrected chi connectivity index (χ3v) is 4.71. The lowest BCUT2D eigenvalue weighted by molar-refractivity contribution is -0.0143. The number of rotatable bonds is 0. The summed E-state index contributed by atoms with van der Waals surface area (Å²) in [7, 11) is 0. The van der Waals surface area contributed by atoms with Crippen LogP contribution in [0.1, 0.15) is 51.5 Å². The van der Waals surface area contributed by atoms with Gasteiger partial charge in [0.05, 0.1) is 5.56 Å². The fourth-order valence-corrected chi connectivity index (χ4v) is 3.80. The van der Waals surface area contributed by atoms with Crippen LogP contribution in [0.5, 0.6) is 5.75 Å². The Morgan fingerprint density at radius 3 is 2.94 bits per heavy atom. The molecule has 1 aromatic rings. The molecule has 3 rings (SSSR count). The molecule has 3 atom stereocenters. The van der Waals surface area contributed by atoms with Crippen LogP contribution in [-0.2, 0) is 0 Å². The van der Waals surface area contributed by atoms with E-state index in [-0.39, 0.29) is 11.2 Å². The number of fused-ring (bicyclic) bond motifs is 3. The minimum Gasteiger partial charge on any atom is -0.487 e. The molecule has 1 fully saturated rings. The highest BCUT2D eigenvalue weighted by Gasteiger charge is 2.46. The summed E-state index contributed by atoms with van der Waals surface area (Å²) >= 11 is 0. The number of hydrogen-bond acceptors (Lipinski definition) is 2. The van der Waals surface area contributed by atoms with Crippen LogP contribution in [0.4, 0.5) is 0 Å². The molecular weight excluding hydrogens is 226 g/mol. The summed E-state index contributed by atoms with van der Waals surface area (Å²) in [6.45, 7) is 6.60. The first-order valence-electron chi connectivity index (χ1n) is 6.89. The lowest BCUT2D eigenvalue weighted by Crippen LogP contribution is -2.48. The first-order chi connectivity index (χ1) is 8.49. The van der Waals surface area contributed by atoms with E-state index in [2.05, 4.69) is 25.8 Å². The predicted molar refractivity (Wildman–Crippen MR) is 71.0 cm³/mol. The van der Waals surface area contributed by atoms with Gasteiger partial charge in [-0.1, -0.05) is 13.3 Å². The van der Waals surface area contributed by atoms with Crippen LogP contribution in [0.2, 0.25) is 0 Å². The third-order valence-electron chi connectivity index (χ3n) is 4.71. The quantitative estimate of drug-likeness (QED) is 0.765. The van der Waals surface area contributed by atoms with E-state index in [0.29, 0.717) is 17.8 Å². The summed E-state index contributed by atoms with van der Waals surface area (Å²) in [5.74, 6) is 2.31. The van der Waals surface area contributed by atoms with Crippen molar-refractivity contribution in [3.8, 4) is 5.75 Å². The Morgan fingerprint density at radius 2 is 2.17 bits per heavy atom. The first kappa shape index (κ1) is 11.8. The van der Waals surface area contributed by atoms with Crippen LogP contribution in [0.25, 0.3) is 0 Å². The van der Waals surface area contributed by atoms with E-state index in [1.165, 1.54) is 6.42 Å². The van der Waals surface area contributed by atoms with Crippen molar-refractivity contribution in [3.05, 3.63) is 28.2 Å². The van der Waals surface area contributed by atoms with Crippen molar-refractivity contribution >= 4 is 0 Å². The van der Waals surface area contributed by atoms with Crippen molar-refractivity contribution in [1.29, 1.82) is 0 Å². The Morgan fingerprint density at radius 1 is 1.39 bits per heavy atom. The van der Waals surface area contributed by atoms with E-state index in [0.717, 1.165) is 24.2 Å². The Hall–Kier alpha value is -1.25. The number of aromatic amines is 1. The maximum atomic E-state index is 12.1. The van der Waals surface area contributed by atoms with Crippen LogP contribution >= 0.6 is 0 Å². The SMILES string of the molecule is C[C@@H]1CCC2C(C1)c1c(cc[nH]c1=O)OC2(C)C. The van der Waals surface area contributed by atoms with Crippen LogP contribution in [0.3, 0.4) is 0 Å². The van der Waals surface area contributed by atoms with Gasteiger partial charge in [0.15, 0.2) is 0 Å². The van der Waals surface area contributed by atoms with Crippen molar-refractivity contribution in [2.24, 2.45) is 11.8 Å². The number of nitrogens with one attached hydrogen (secondary N) is 1. The molecule has 1 aliphatic carbocycles. The van der Waals surface area contributed by atoms with Crippen molar-refractivity contribution in [2.75, 3.05) is 0 Å². The molecule has 3 heteroatoms. The summed E-state index contributed by atoms with van der Waals surface area (Å²) < 4.78 is 6.08. The second kappa shape index (κ2) is 3.87. The maximum absolute atomic E-state index is 12.1. The van der Waals surface area contributed by atoms with Gasteiger partial charge in [-0.25, -0.2) is 0 Å². The summed E-state index contributed by atoms with van der Waals surface area (Å²) in [5, 5.41) is 0. The van der Waals surface area contributed by atoms with Crippen molar-refractivity contribution in [3.63, 3.8) is 0 Å². The largest absolute Gasteiger partial charge is 0.487 e. The van der Waals surface area contributed by atoms with Crippen LogP contribution in [0, 0.1) is 11.8 Å². The summed E-state index contributed by atoms with van der Waals surface area (Å²) in [4.78, 5) is 14.9. The minimum absolute atomic E-state index is 0.0344. The molecule has 1 aliphatic heterocycles. The molecule has 18 heavy (non-hydrogen) atoms. The van der Waals surface area contributed by atoms with Crippen LogP contribution in [-0.4, -0.2) is 10.6 Å². The fourth-order valence-electron chi connectivity index (χ4n) is 3.80. The smallest absolute Gasteiger partial charge is 0.255 e. The second-order valence-electron chi connectivity index (χ2n) is 6.42. The second-order valence-corrected chi connectivity index (χ2v) is 6.42. The Balaban J connectivity index is 2.13.